The van der Waals surface area contributed by atoms with Crippen LogP contribution >= 0.6 is 0 Å². The van der Waals surface area contributed by atoms with E-state index in [1.807, 2.05) is 24.3 Å². The summed E-state index contributed by atoms with van der Waals surface area (Å²) in [7, 11) is 0. The number of carbonyl (C=O) groups is 2. The first-order chi connectivity index (χ1) is 13.1. The molecule has 0 aliphatic carbocycles. The zero-order chi connectivity index (χ0) is 19.1. The number of amides is 1. The molecule has 1 aliphatic heterocycles. The Morgan fingerprint density at radius 3 is 2.22 bits per heavy atom. The molecule has 0 aromatic heterocycles. The number of ether oxygens (including phenoxy) is 1. The first-order valence-corrected chi connectivity index (χ1v) is 9.40. The number of carbonyl (C=O) groups excluding carboxylic acids is 2. The Bertz CT molecular complexity index is 741. The molecule has 0 unspecified atom stereocenters. The van der Waals surface area contributed by atoms with E-state index in [-0.39, 0.29) is 11.9 Å². The minimum Gasteiger partial charge on any atom is -0.447 e. The summed E-state index contributed by atoms with van der Waals surface area (Å²) in [5.41, 5.74) is 1.99. The molecule has 1 N–H and O–H groups in total. The van der Waals surface area contributed by atoms with Gasteiger partial charge in [-0.15, -0.1) is 0 Å². The van der Waals surface area contributed by atoms with Gasteiger partial charge in [0.25, 0.3) is 5.91 Å². The summed E-state index contributed by atoms with van der Waals surface area (Å²) < 4.78 is 5.28. The van der Waals surface area contributed by atoms with Gasteiger partial charge in [0.2, 0.25) is 6.10 Å². The third kappa shape index (κ3) is 5.66. The van der Waals surface area contributed by atoms with Crippen molar-refractivity contribution >= 4 is 11.9 Å². The van der Waals surface area contributed by atoms with Crippen molar-refractivity contribution in [1.29, 1.82) is 0 Å². The molecule has 1 amide bonds. The molecular formula is C22H26N2O3. The lowest BCUT2D eigenvalue weighted by Crippen LogP contribution is -2.46. The number of hydrogen-bond acceptors (Lipinski definition) is 4. The number of nitrogens with zero attached hydrogens (tertiary/aromatic N) is 1. The maximum atomic E-state index is 12.7. The van der Waals surface area contributed by atoms with Crippen molar-refractivity contribution in [3.8, 4) is 0 Å². The van der Waals surface area contributed by atoms with Crippen LogP contribution in [0.1, 0.15) is 37.0 Å². The van der Waals surface area contributed by atoms with E-state index >= 15 is 0 Å². The van der Waals surface area contributed by atoms with Crippen molar-refractivity contribution in [2.75, 3.05) is 13.1 Å². The van der Waals surface area contributed by atoms with E-state index in [1.54, 1.807) is 12.1 Å². The van der Waals surface area contributed by atoms with Gasteiger partial charge in [0.15, 0.2) is 0 Å². The summed E-state index contributed by atoms with van der Waals surface area (Å²) in [6, 6.07) is 19.7. The normalized spacial score (nSPS) is 16.5. The highest BCUT2D eigenvalue weighted by atomic mass is 16.5. The molecule has 0 spiro atoms. The van der Waals surface area contributed by atoms with E-state index in [0.717, 1.165) is 32.5 Å². The maximum Gasteiger partial charge on any atom is 0.303 e. The van der Waals surface area contributed by atoms with Crippen molar-refractivity contribution in [1.82, 2.24) is 10.2 Å². The number of rotatable bonds is 6. The first kappa shape index (κ1) is 19.1. The highest BCUT2D eigenvalue weighted by Gasteiger charge is 2.27. The number of piperidine rings is 1. The summed E-state index contributed by atoms with van der Waals surface area (Å²) in [4.78, 5) is 26.6. The second-order valence-electron chi connectivity index (χ2n) is 6.94. The van der Waals surface area contributed by atoms with Crippen LogP contribution in [0.4, 0.5) is 0 Å². The van der Waals surface area contributed by atoms with Crippen molar-refractivity contribution in [2.45, 2.75) is 38.5 Å². The van der Waals surface area contributed by atoms with Crippen molar-refractivity contribution in [3.05, 3.63) is 71.8 Å². The van der Waals surface area contributed by atoms with E-state index in [4.69, 9.17) is 4.74 Å². The van der Waals surface area contributed by atoms with Crippen molar-refractivity contribution in [3.63, 3.8) is 0 Å². The van der Waals surface area contributed by atoms with Crippen LogP contribution < -0.4 is 5.32 Å². The summed E-state index contributed by atoms with van der Waals surface area (Å²) in [6.45, 7) is 4.12. The Hall–Kier alpha value is -2.66. The van der Waals surface area contributed by atoms with Gasteiger partial charge < -0.3 is 10.1 Å². The minimum absolute atomic E-state index is 0.103. The second-order valence-corrected chi connectivity index (χ2v) is 6.94. The van der Waals surface area contributed by atoms with Gasteiger partial charge in [0, 0.05) is 38.2 Å². The largest absolute Gasteiger partial charge is 0.447 e. The van der Waals surface area contributed by atoms with Gasteiger partial charge in [0.05, 0.1) is 0 Å². The van der Waals surface area contributed by atoms with Crippen LogP contribution in [0.15, 0.2) is 60.7 Å². The van der Waals surface area contributed by atoms with Crippen molar-refractivity contribution < 1.29 is 14.3 Å². The molecule has 5 heteroatoms. The molecule has 1 saturated heterocycles. The highest BCUT2D eigenvalue weighted by molar-refractivity contribution is 5.84. The Morgan fingerprint density at radius 2 is 1.63 bits per heavy atom. The smallest absolute Gasteiger partial charge is 0.303 e. The van der Waals surface area contributed by atoms with Gasteiger partial charge >= 0.3 is 5.97 Å². The van der Waals surface area contributed by atoms with Crippen LogP contribution in [0.2, 0.25) is 0 Å². The van der Waals surface area contributed by atoms with Gasteiger partial charge in [-0.25, -0.2) is 0 Å². The van der Waals surface area contributed by atoms with Crippen LogP contribution in [-0.4, -0.2) is 35.9 Å². The molecular weight excluding hydrogens is 340 g/mol. The number of likely N-dealkylation sites (tertiary alicyclic amines) is 1. The fraction of sp³-hybridized carbons (Fsp3) is 0.364. The zero-order valence-corrected chi connectivity index (χ0v) is 15.6. The molecule has 0 bridgehead atoms. The van der Waals surface area contributed by atoms with E-state index in [9.17, 15) is 9.59 Å². The van der Waals surface area contributed by atoms with E-state index < -0.39 is 12.1 Å². The number of esters is 1. The average molecular weight is 366 g/mol. The van der Waals surface area contributed by atoms with Gasteiger partial charge in [-0.05, 0) is 18.4 Å². The molecule has 5 nitrogen and oxygen atoms in total. The average Bonchev–Trinajstić information content (AvgIpc) is 2.69. The minimum atomic E-state index is -0.897. The van der Waals surface area contributed by atoms with E-state index in [1.165, 1.54) is 12.5 Å². The maximum absolute atomic E-state index is 12.7. The fourth-order valence-corrected chi connectivity index (χ4v) is 3.42. The van der Waals surface area contributed by atoms with Gasteiger partial charge in [0.1, 0.15) is 0 Å². The molecule has 3 rings (SSSR count). The molecule has 1 fully saturated rings. The van der Waals surface area contributed by atoms with Gasteiger partial charge in [-0.3, -0.25) is 14.5 Å². The standard InChI is InChI=1S/C22H26N2O3/c1-17(25)27-21(19-10-6-3-7-11-19)22(26)23-20-12-14-24(15-13-20)16-18-8-4-2-5-9-18/h2-11,20-21H,12-16H2,1H3,(H,23,26)/t21-/m0/s1. The Morgan fingerprint density at radius 1 is 1.04 bits per heavy atom. The molecule has 27 heavy (non-hydrogen) atoms. The lowest BCUT2D eigenvalue weighted by atomic mass is 10.0. The molecule has 2 aromatic carbocycles. The summed E-state index contributed by atoms with van der Waals surface area (Å²) in [5.74, 6) is -0.713. The summed E-state index contributed by atoms with van der Waals surface area (Å²) in [5, 5.41) is 3.06. The van der Waals surface area contributed by atoms with Crippen LogP contribution in [-0.2, 0) is 20.9 Å². The quantitative estimate of drug-likeness (QED) is 0.799. The third-order valence-electron chi connectivity index (χ3n) is 4.81. The van der Waals surface area contributed by atoms with Crippen LogP contribution in [0.25, 0.3) is 0 Å². The summed E-state index contributed by atoms with van der Waals surface area (Å²) in [6.07, 6.45) is 0.881. The Labute approximate surface area is 160 Å². The SMILES string of the molecule is CC(=O)O[C@H](C(=O)NC1CCN(Cc2ccccc2)CC1)c1ccccc1. The lowest BCUT2D eigenvalue weighted by Gasteiger charge is -2.33. The van der Waals surface area contributed by atoms with Crippen LogP contribution in [0.3, 0.4) is 0 Å². The first-order valence-electron chi connectivity index (χ1n) is 9.40. The fourth-order valence-electron chi connectivity index (χ4n) is 3.42. The van der Waals surface area contributed by atoms with Crippen LogP contribution in [0.5, 0.6) is 0 Å². The number of nitrogens with one attached hydrogen (secondary N) is 1. The number of benzene rings is 2. The van der Waals surface area contributed by atoms with Gasteiger partial charge in [-0.1, -0.05) is 60.7 Å². The lowest BCUT2D eigenvalue weighted by molar-refractivity contribution is -0.154. The molecule has 0 radical (unpaired) electrons. The monoisotopic (exact) mass is 366 g/mol. The molecule has 1 atom stereocenters. The van der Waals surface area contributed by atoms with Crippen molar-refractivity contribution in [2.24, 2.45) is 0 Å². The molecule has 2 aromatic rings. The Balaban J connectivity index is 1.53. The predicted octanol–water partition coefficient (Wildman–Crippen LogP) is 3.07. The molecule has 1 heterocycles. The molecule has 1 aliphatic rings. The summed E-state index contributed by atoms with van der Waals surface area (Å²) >= 11 is 0. The van der Waals surface area contributed by atoms with E-state index in [0.29, 0.717) is 5.56 Å². The molecule has 142 valence electrons. The van der Waals surface area contributed by atoms with Crippen LogP contribution in [0, 0.1) is 0 Å². The highest BCUT2D eigenvalue weighted by Crippen LogP contribution is 2.20. The molecule has 0 saturated carbocycles. The van der Waals surface area contributed by atoms with Gasteiger partial charge in [-0.2, -0.15) is 0 Å². The number of hydrogen-bond donors (Lipinski definition) is 1. The third-order valence-corrected chi connectivity index (χ3v) is 4.81. The Kier molecular flexibility index (Phi) is 6.60. The van der Waals surface area contributed by atoms with E-state index in [2.05, 4.69) is 34.5 Å². The zero-order valence-electron chi connectivity index (χ0n) is 15.6. The second kappa shape index (κ2) is 9.33. The predicted molar refractivity (Wildman–Crippen MR) is 104 cm³/mol. The topological polar surface area (TPSA) is 58.6 Å².